The van der Waals surface area contributed by atoms with E-state index in [2.05, 4.69) is 49.3 Å². The third-order valence-corrected chi connectivity index (χ3v) is 7.94. The van der Waals surface area contributed by atoms with E-state index in [0.717, 1.165) is 42.0 Å². The number of carbonyl (C=O) groups is 1. The Balaban J connectivity index is 1.41. The van der Waals surface area contributed by atoms with Crippen molar-refractivity contribution in [1.29, 1.82) is 0 Å². The molecule has 33 heavy (non-hydrogen) atoms. The van der Waals surface area contributed by atoms with Gasteiger partial charge in [0.25, 0.3) is 0 Å². The number of nitrogens with zero attached hydrogens (tertiary/aromatic N) is 6. The molecule has 4 rings (SSSR count). The number of aromatic nitrogens is 3. The predicted molar refractivity (Wildman–Crippen MR) is 120 cm³/mol. The lowest BCUT2D eigenvalue weighted by molar-refractivity contribution is -0.169. The largest absolute Gasteiger partial charge is 0.474 e. The van der Waals surface area contributed by atoms with Crippen LogP contribution < -0.4 is 4.90 Å². The number of hydrogen-bond acceptors (Lipinski definition) is 8. The average Bonchev–Trinajstić information content (AvgIpc) is 3.26. The van der Waals surface area contributed by atoms with Crippen molar-refractivity contribution in [3.8, 4) is 0 Å². The van der Waals surface area contributed by atoms with Crippen molar-refractivity contribution in [2.45, 2.75) is 24.0 Å². The molecule has 1 aromatic carbocycles. The van der Waals surface area contributed by atoms with Crippen LogP contribution in [-0.2, 0) is 14.5 Å². The summed E-state index contributed by atoms with van der Waals surface area (Å²) in [6, 6.07) is 6.53. The zero-order valence-corrected chi connectivity index (χ0v) is 19.5. The molecule has 0 aliphatic carbocycles. The zero-order chi connectivity index (χ0) is 23.8. The highest BCUT2D eigenvalue weighted by atomic mass is 32.2. The second-order valence-corrected chi connectivity index (χ2v) is 10.8. The molecule has 0 unspecified atom stereocenters. The Hall–Kier alpha value is -2.64. The first kappa shape index (κ1) is 23.5. The summed E-state index contributed by atoms with van der Waals surface area (Å²) >= 11 is 1.61. The van der Waals surface area contributed by atoms with E-state index in [1.807, 2.05) is 10.4 Å². The Morgan fingerprint density at radius 3 is 2.45 bits per heavy atom. The van der Waals surface area contributed by atoms with Crippen LogP contribution in [0.4, 0.5) is 19.1 Å². The number of piperazine rings is 1. The maximum atomic E-state index is 12.5. The number of hydrogen-bond donors (Lipinski definition) is 0. The highest BCUT2D eigenvalue weighted by Crippen LogP contribution is 2.27. The molecule has 2 aromatic heterocycles. The summed E-state index contributed by atoms with van der Waals surface area (Å²) in [6.07, 6.45) is -1.90. The minimum atomic E-state index is -5.18. The molecular formula is C20H21F3N6O2S2. The van der Waals surface area contributed by atoms with Crippen LogP contribution in [0.2, 0.25) is 0 Å². The van der Waals surface area contributed by atoms with Gasteiger partial charge >= 0.3 is 12.1 Å². The monoisotopic (exact) mass is 498 g/mol. The highest BCUT2D eigenvalue weighted by Gasteiger charge is 2.39. The molecule has 1 aliphatic rings. The van der Waals surface area contributed by atoms with E-state index in [4.69, 9.17) is 0 Å². The normalized spacial score (nSPS) is 18.2. The number of alkyl halides is 3. The van der Waals surface area contributed by atoms with Crippen LogP contribution >= 0.6 is 11.3 Å². The van der Waals surface area contributed by atoms with E-state index in [1.54, 1.807) is 11.3 Å². The van der Waals surface area contributed by atoms with Crippen LogP contribution in [-0.4, -0.2) is 68.6 Å². The topological polar surface area (TPSA) is 91.7 Å². The van der Waals surface area contributed by atoms with Gasteiger partial charge in [0.05, 0.1) is 30.4 Å². The van der Waals surface area contributed by atoms with Crippen LogP contribution in [0, 0.1) is 0 Å². The van der Waals surface area contributed by atoms with Crippen LogP contribution in [0.3, 0.4) is 0 Å². The number of amides is 1. The number of fused-ring (bicyclic) bond motifs is 1. The molecule has 176 valence electrons. The Labute approximate surface area is 192 Å². The summed E-state index contributed by atoms with van der Waals surface area (Å²) in [5.41, 5.74) is 4.02. The Morgan fingerprint density at radius 1 is 1.15 bits per heavy atom. The van der Waals surface area contributed by atoms with E-state index in [-0.39, 0.29) is 10.9 Å². The predicted octanol–water partition coefficient (Wildman–Crippen LogP) is 3.52. The number of rotatable bonds is 4. The third kappa shape index (κ3) is 5.14. The fourth-order valence-corrected chi connectivity index (χ4v) is 5.27. The molecule has 1 saturated heterocycles. The molecule has 13 heteroatoms. The first-order chi connectivity index (χ1) is 15.5. The fourth-order valence-electron chi connectivity index (χ4n) is 3.59. The van der Waals surface area contributed by atoms with Crippen molar-refractivity contribution >= 4 is 43.1 Å². The van der Waals surface area contributed by atoms with Gasteiger partial charge in [0, 0.05) is 50.9 Å². The molecule has 0 spiro atoms. The standard InChI is InChI=1S/C20H21F3N6O2S2/c1-13(14-3-4-17-16(9-14)26-12-32-17)28-5-7-29(8-6-28)19-24-10-15(11-25-19)33(2,31)27-18(30)20(21,22)23/h3-4,9-13H,5-8H2,1-2H3/t13-,33+/m1/s1. The molecule has 2 atom stereocenters. The molecular weight excluding hydrogens is 477 g/mol. The van der Waals surface area contributed by atoms with Gasteiger partial charge in [-0.2, -0.15) is 13.2 Å². The lowest BCUT2D eigenvalue weighted by Crippen LogP contribution is -2.47. The van der Waals surface area contributed by atoms with E-state index in [9.17, 15) is 22.2 Å². The summed E-state index contributed by atoms with van der Waals surface area (Å²) in [5.74, 6) is -2.01. The lowest BCUT2D eigenvalue weighted by Gasteiger charge is -2.38. The van der Waals surface area contributed by atoms with E-state index in [1.165, 1.54) is 5.56 Å². The summed E-state index contributed by atoms with van der Waals surface area (Å²) in [4.78, 5) is 27.9. The van der Waals surface area contributed by atoms with Gasteiger partial charge in [0.1, 0.15) is 0 Å². The number of carbonyl (C=O) groups excluding carboxylic acids is 1. The van der Waals surface area contributed by atoms with Crippen LogP contribution in [0.5, 0.6) is 0 Å². The van der Waals surface area contributed by atoms with E-state index >= 15 is 0 Å². The molecule has 0 radical (unpaired) electrons. The number of anilines is 1. The molecule has 0 bridgehead atoms. The number of thiazole rings is 1. The van der Waals surface area contributed by atoms with Gasteiger partial charge in [-0.15, -0.1) is 15.7 Å². The van der Waals surface area contributed by atoms with Crippen LogP contribution in [0.15, 0.2) is 45.4 Å². The Morgan fingerprint density at radius 2 is 1.82 bits per heavy atom. The second kappa shape index (κ2) is 8.95. The number of halogens is 3. The van der Waals surface area contributed by atoms with Gasteiger partial charge in [-0.25, -0.2) is 19.2 Å². The third-order valence-electron chi connectivity index (χ3n) is 5.53. The fraction of sp³-hybridized carbons (Fsp3) is 0.400. The van der Waals surface area contributed by atoms with Gasteiger partial charge in [-0.05, 0) is 24.6 Å². The van der Waals surface area contributed by atoms with Gasteiger partial charge in [0.2, 0.25) is 5.95 Å². The Bertz CT molecular complexity index is 1280. The summed E-state index contributed by atoms with van der Waals surface area (Å²) in [6.45, 7) is 4.99. The molecule has 1 aliphatic heterocycles. The lowest BCUT2D eigenvalue weighted by atomic mass is 10.1. The van der Waals surface area contributed by atoms with E-state index < -0.39 is 21.8 Å². The van der Waals surface area contributed by atoms with Crippen LogP contribution in [0.1, 0.15) is 18.5 Å². The SMILES string of the molecule is C[C@H](c1ccc2scnc2c1)N1CCN(c2ncc([S@](C)(=O)=NC(=O)C(F)(F)F)cn2)CC1. The van der Waals surface area contributed by atoms with Crippen molar-refractivity contribution < 1.29 is 22.2 Å². The minimum absolute atomic E-state index is 0.131. The first-order valence-corrected chi connectivity index (χ1v) is 12.8. The summed E-state index contributed by atoms with van der Waals surface area (Å²) < 4.78 is 53.8. The average molecular weight is 499 g/mol. The zero-order valence-electron chi connectivity index (χ0n) is 17.8. The molecule has 3 heterocycles. The Kier molecular flexibility index (Phi) is 6.38. The van der Waals surface area contributed by atoms with Crippen molar-refractivity contribution in [2.24, 2.45) is 4.36 Å². The van der Waals surface area contributed by atoms with Crippen molar-refractivity contribution in [3.63, 3.8) is 0 Å². The molecule has 0 saturated carbocycles. The quantitative estimate of drug-likeness (QED) is 0.544. The molecule has 1 amide bonds. The maximum absolute atomic E-state index is 12.5. The van der Waals surface area contributed by atoms with E-state index in [0.29, 0.717) is 19.0 Å². The van der Waals surface area contributed by atoms with Crippen molar-refractivity contribution in [3.05, 3.63) is 41.7 Å². The van der Waals surface area contributed by atoms with Crippen molar-refractivity contribution in [2.75, 3.05) is 37.3 Å². The second-order valence-electron chi connectivity index (χ2n) is 7.69. The minimum Gasteiger partial charge on any atom is -0.338 e. The summed E-state index contributed by atoms with van der Waals surface area (Å²) in [5, 5.41) is 0. The molecule has 8 nitrogen and oxygen atoms in total. The van der Waals surface area contributed by atoms with Crippen LogP contribution in [0.25, 0.3) is 10.2 Å². The summed E-state index contributed by atoms with van der Waals surface area (Å²) in [7, 11) is -3.60. The first-order valence-electron chi connectivity index (χ1n) is 10.0. The smallest absolute Gasteiger partial charge is 0.338 e. The van der Waals surface area contributed by atoms with Gasteiger partial charge in [0.15, 0.2) is 0 Å². The maximum Gasteiger partial charge on any atom is 0.474 e. The van der Waals surface area contributed by atoms with Gasteiger partial charge in [-0.3, -0.25) is 9.69 Å². The van der Waals surface area contributed by atoms with Gasteiger partial charge < -0.3 is 4.90 Å². The number of benzene rings is 1. The van der Waals surface area contributed by atoms with Gasteiger partial charge in [-0.1, -0.05) is 6.07 Å². The molecule has 0 N–H and O–H groups in total. The highest BCUT2D eigenvalue weighted by molar-refractivity contribution is 7.93. The molecule has 1 fully saturated rings. The van der Waals surface area contributed by atoms with Crippen molar-refractivity contribution in [1.82, 2.24) is 19.9 Å². The molecule has 3 aromatic rings.